The van der Waals surface area contributed by atoms with Crippen LogP contribution >= 0.6 is 42.2 Å². The topological polar surface area (TPSA) is 24.1 Å². The van der Waals surface area contributed by atoms with Crippen molar-refractivity contribution in [1.82, 2.24) is 10.6 Å². The maximum absolute atomic E-state index is 4.79. The third-order valence-corrected chi connectivity index (χ3v) is 0.957. The van der Waals surface area contributed by atoms with Crippen molar-refractivity contribution in [3.05, 3.63) is 0 Å². The fourth-order valence-electron chi connectivity index (χ4n) is 0.604. The maximum Gasteiger partial charge on any atom is 0.0713 e. The molecule has 0 aliphatic carbocycles. The minimum absolute atomic E-state index is 0. The number of rotatable bonds is 0. The molecule has 1 rings (SSSR count). The van der Waals surface area contributed by atoms with Gasteiger partial charge in [0, 0.05) is 26.2 Å². The van der Waals surface area contributed by atoms with Crippen molar-refractivity contribution in [3.63, 3.8) is 0 Å². The van der Waals surface area contributed by atoms with E-state index in [2.05, 4.69) is 10.6 Å². The van der Waals surface area contributed by atoms with Crippen molar-refractivity contribution in [2.75, 3.05) is 26.2 Å². The number of halogens is 3. The van der Waals surface area contributed by atoms with Crippen molar-refractivity contribution in [1.29, 1.82) is 0 Å². The SMILES string of the molecule is C1CNCCN1.Cl.ClPCl. The highest BCUT2D eigenvalue weighted by atomic mass is 35.9. The van der Waals surface area contributed by atoms with Gasteiger partial charge in [0.15, 0.2) is 0 Å². The van der Waals surface area contributed by atoms with Crippen LogP contribution in [0, 0.1) is 0 Å². The molecule has 1 fully saturated rings. The first kappa shape index (κ1) is 13.8. The van der Waals surface area contributed by atoms with Gasteiger partial charge in [-0.15, -0.1) is 12.4 Å². The lowest BCUT2D eigenvalue weighted by Crippen LogP contribution is -2.39. The lowest BCUT2D eigenvalue weighted by atomic mass is 10.4. The first-order chi connectivity index (χ1) is 4.41. The van der Waals surface area contributed by atoms with Gasteiger partial charge in [0.1, 0.15) is 0 Å². The van der Waals surface area contributed by atoms with E-state index in [0.29, 0.717) is 0 Å². The summed E-state index contributed by atoms with van der Waals surface area (Å²) in [6.07, 6.45) is 0. The van der Waals surface area contributed by atoms with Crippen LogP contribution in [0.25, 0.3) is 0 Å². The van der Waals surface area contributed by atoms with E-state index in [0.717, 1.165) is 26.2 Å². The Hall–Kier alpha value is 1.22. The van der Waals surface area contributed by atoms with E-state index < -0.39 is 0 Å². The Morgan fingerprint density at radius 3 is 1.20 bits per heavy atom. The van der Waals surface area contributed by atoms with Crippen molar-refractivity contribution < 1.29 is 0 Å². The molecule has 1 heterocycles. The fourth-order valence-corrected chi connectivity index (χ4v) is 0.604. The zero-order valence-corrected chi connectivity index (χ0v) is 8.82. The number of hydrogen-bond donors (Lipinski definition) is 2. The molecule has 2 nitrogen and oxygen atoms in total. The first-order valence-electron chi connectivity index (χ1n) is 2.79. The van der Waals surface area contributed by atoms with Crippen molar-refractivity contribution in [3.8, 4) is 0 Å². The molecule has 0 aromatic heterocycles. The summed E-state index contributed by atoms with van der Waals surface area (Å²) in [5, 5.41) is 6.44. The van der Waals surface area contributed by atoms with E-state index in [9.17, 15) is 0 Å². The Morgan fingerprint density at radius 1 is 0.900 bits per heavy atom. The van der Waals surface area contributed by atoms with E-state index in [4.69, 9.17) is 22.5 Å². The van der Waals surface area contributed by atoms with Gasteiger partial charge < -0.3 is 10.6 Å². The number of nitrogens with one attached hydrogen (secondary N) is 2. The first-order valence-corrected chi connectivity index (χ1v) is 5.82. The second kappa shape index (κ2) is 12.9. The van der Waals surface area contributed by atoms with Crippen molar-refractivity contribution >= 4 is 42.2 Å². The molecule has 0 spiro atoms. The third kappa shape index (κ3) is 12.0. The minimum Gasteiger partial charge on any atom is -0.314 e. The molecular weight excluding hydrogens is 213 g/mol. The largest absolute Gasteiger partial charge is 0.314 e. The van der Waals surface area contributed by atoms with Crippen LogP contribution < -0.4 is 10.6 Å². The average Bonchev–Trinajstić information content (AvgIpc) is 1.93. The Balaban J connectivity index is 0. The van der Waals surface area contributed by atoms with Gasteiger partial charge in [0.05, 0.1) is 7.29 Å². The smallest absolute Gasteiger partial charge is 0.0713 e. The van der Waals surface area contributed by atoms with Crippen LogP contribution in [-0.2, 0) is 0 Å². The zero-order chi connectivity index (χ0) is 6.95. The van der Waals surface area contributed by atoms with Gasteiger partial charge >= 0.3 is 0 Å². The molecule has 64 valence electrons. The monoisotopic (exact) mass is 224 g/mol. The lowest BCUT2D eigenvalue weighted by Gasteiger charge is -2.11. The van der Waals surface area contributed by atoms with Gasteiger partial charge in [-0.3, -0.25) is 0 Å². The van der Waals surface area contributed by atoms with Crippen molar-refractivity contribution in [2.24, 2.45) is 0 Å². The molecule has 2 N–H and O–H groups in total. The lowest BCUT2D eigenvalue weighted by molar-refractivity contribution is 0.534. The Labute approximate surface area is 79.2 Å². The molecule has 10 heavy (non-hydrogen) atoms. The zero-order valence-electron chi connectivity index (χ0n) is 5.49. The molecule has 0 amide bonds. The van der Waals surface area contributed by atoms with E-state index in [1.54, 1.807) is 0 Å². The Bertz CT molecular complexity index is 42.3. The van der Waals surface area contributed by atoms with E-state index in [1.165, 1.54) is 0 Å². The van der Waals surface area contributed by atoms with Crippen LogP contribution in [-0.4, -0.2) is 26.2 Å². The van der Waals surface area contributed by atoms with Gasteiger partial charge in [-0.25, -0.2) is 0 Å². The molecule has 0 atom stereocenters. The van der Waals surface area contributed by atoms with Gasteiger partial charge in [-0.05, 0) is 0 Å². The van der Waals surface area contributed by atoms with Gasteiger partial charge in [0.2, 0.25) is 0 Å². The van der Waals surface area contributed by atoms with Crippen LogP contribution in [0.1, 0.15) is 0 Å². The number of piperazine rings is 1. The van der Waals surface area contributed by atoms with Crippen molar-refractivity contribution in [2.45, 2.75) is 0 Å². The highest BCUT2D eigenvalue weighted by molar-refractivity contribution is 7.90. The molecule has 0 unspecified atom stereocenters. The quantitative estimate of drug-likeness (QED) is 0.612. The van der Waals surface area contributed by atoms with Gasteiger partial charge in [-0.1, -0.05) is 22.5 Å². The third-order valence-electron chi connectivity index (χ3n) is 0.957. The highest BCUT2D eigenvalue weighted by Gasteiger charge is 1.91. The normalized spacial score (nSPS) is 16.2. The van der Waals surface area contributed by atoms with Crippen LogP contribution in [0.15, 0.2) is 0 Å². The molecule has 0 radical (unpaired) electrons. The molecule has 1 aliphatic rings. The summed E-state index contributed by atoms with van der Waals surface area (Å²) in [7, 11) is 0.0278. The summed E-state index contributed by atoms with van der Waals surface area (Å²) >= 11 is 9.58. The summed E-state index contributed by atoms with van der Waals surface area (Å²) < 4.78 is 0. The van der Waals surface area contributed by atoms with Crippen LogP contribution in [0.5, 0.6) is 0 Å². The maximum atomic E-state index is 4.79. The highest BCUT2D eigenvalue weighted by Crippen LogP contribution is 2.19. The predicted octanol–water partition coefficient (Wildman–Crippen LogP) is 1.57. The predicted molar refractivity (Wildman–Crippen MR) is 53.0 cm³/mol. The molecule has 0 bridgehead atoms. The van der Waals surface area contributed by atoms with E-state index in [1.807, 2.05) is 0 Å². The summed E-state index contributed by atoms with van der Waals surface area (Å²) in [5.41, 5.74) is 0. The minimum atomic E-state index is 0. The number of hydrogen-bond acceptors (Lipinski definition) is 2. The fraction of sp³-hybridized carbons (Fsp3) is 1.00. The van der Waals surface area contributed by atoms with E-state index in [-0.39, 0.29) is 19.7 Å². The van der Waals surface area contributed by atoms with E-state index >= 15 is 0 Å². The standard InChI is InChI=1S/C4H10N2.Cl2HP.ClH/c1-2-6-4-3-5-1;1-3-2;/h5-6H,1-4H2;3H;1H. The summed E-state index contributed by atoms with van der Waals surface area (Å²) in [6, 6.07) is 0. The molecule has 0 aromatic rings. The summed E-state index contributed by atoms with van der Waals surface area (Å²) in [5.74, 6) is 0. The summed E-state index contributed by atoms with van der Waals surface area (Å²) in [4.78, 5) is 0. The van der Waals surface area contributed by atoms with Crippen LogP contribution in [0.3, 0.4) is 0 Å². The van der Waals surface area contributed by atoms with Crippen LogP contribution in [0.4, 0.5) is 0 Å². The average molecular weight is 225 g/mol. The molecule has 0 aromatic carbocycles. The second-order valence-electron chi connectivity index (χ2n) is 1.57. The van der Waals surface area contributed by atoms with Gasteiger partial charge in [-0.2, -0.15) is 0 Å². The van der Waals surface area contributed by atoms with Crippen LogP contribution in [0.2, 0.25) is 0 Å². The Morgan fingerprint density at radius 2 is 1.10 bits per heavy atom. The Kier molecular flexibility index (Phi) is 17.7. The molecule has 1 aliphatic heterocycles. The van der Waals surface area contributed by atoms with Gasteiger partial charge in [0.25, 0.3) is 0 Å². The second-order valence-corrected chi connectivity index (χ2v) is 3.43. The molecular formula is C4H12Cl3N2P. The molecule has 6 heteroatoms. The molecule has 0 saturated carbocycles. The summed E-state index contributed by atoms with van der Waals surface area (Å²) in [6.45, 7) is 4.56. The molecule has 1 saturated heterocycles.